The monoisotopic (exact) mass is 292 g/mol. The molecule has 5 rings (SSSR count). The number of fused-ring (bicyclic) bond motifs is 5. The van der Waals surface area contributed by atoms with Crippen molar-refractivity contribution in [1.82, 2.24) is 4.98 Å². The van der Waals surface area contributed by atoms with Crippen LogP contribution in [0.2, 0.25) is 0 Å². The SMILES string of the molecule is COc1ccc2c(n1)[C@@H]1[C@H]3CCC[C@@H]4[C@H]3C[C@H]2C[NH+]41.[Cl-]. The molecule has 1 aromatic rings. The van der Waals surface area contributed by atoms with Gasteiger partial charge in [0.2, 0.25) is 5.88 Å². The van der Waals surface area contributed by atoms with E-state index in [0.717, 1.165) is 29.7 Å². The molecule has 1 saturated carbocycles. The number of nitrogens with one attached hydrogen (secondary N) is 1. The minimum absolute atomic E-state index is 0. The minimum Gasteiger partial charge on any atom is -1.00 e. The lowest BCUT2D eigenvalue weighted by molar-refractivity contribution is -0.952. The molecule has 0 radical (unpaired) electrons. The normalized spacial score (nSPS) is 42.9. The van der Waals surface area contributed by atoms with Gasteiger partial charge in [-0.2, -0.15) is 0 Å². The van der Waals surface area contributed by atoms with Crippen LogP contribution in [0.15, 0.2) is 12.1 Å². The summed E-state index contributed by atoms with van der Waals surface area (Å²) in [5.41, 5.74) is 2.94. The summed E-state index contributed by atoms with van der Waals surface area (Å²) in [6.45, 7) is 1.36. The number of nitrogens with zero attached hydrogens (tertiary/aromatic N) is 1. The fourth-order valence-corrected chi connectivity index (χ4v) is 5.78. The van der Waals surface area contributed by atoms with Crippen LogP contribution >= 0.6 is 0 Å². The number of ether oxygens (including phenoxy) is 1. The second-order valence-corrected chi connectivity index (χ2v) is 6.88. The van der Waals surface area contributed by atoms with Crippen molar-refractivity contribution in [3.8, 4) is 5.88 Å². The van der Waals surface area contributed by atoms with E-state index in [2.05, 4.69) is 12.1 Å². The summed E-state index contributed by atoms with van der Waals surface area (Å²) >= 11 is 0. The molecule has 5 bridgehead atoms. The molecule has 3 fully saturated rings. The lowest BCUT2D eigenvalue weighted by atomic mass is 9.73. The Hall–Kier alpha value is -0.800. The predicted molar refractivity (Wildman–Crippen MR) is 71.3 cm³/mol. The molecule has 3 nitrogen and oxygen atoms in total. The number of quaternary nitrogens is 1. The topological polar surface area (TPSA) is 26.6 Å². The molecule has 1 aliphatic carbocycles. The summed E-state index contributed by atoms with van der Waals surface area (Å²) in [6.07, 6.45) is 5.76. The van der Waals surface area contributed by atoms with Gasteiger partial charge in [-0.05, 0) is 31.2 Å². The second-order valence-electron chi connectivity index (χ2n) is 6.88. The van der Waals surface area contributed by atoms with Crippen molar-refractivity contribution in [3.63, 3.8) is 0 Å². The molecule has 0 amide bonds. The van der Waals surface area contributed by atoms with Crippen LogP contribution in [0, 0.1) is 11.8 Å². The van der Waals surface area contributed by atoms with Crippen molar-refractivity contribution in [2.24, 2.45) is 11.8 Å². The van der Waals surface area contributed by atoms with Crippen LogP contribution < -0.4 is 22.0 Å². The van der Waals surface area contributed by atoms with Gasteiger partial charge in [0.1, 0.15) is 11.7 Å². The van der Waals surface area contributed by atoms with Crippen LogP contribution in [-0.2, 0) is 0 Å². The molecule has 1 N–H and O–H groups in total. The second kappa shape index (κ2) is 4.35. The Balaban J connectivity index is 0.00000106. The number of methoxy groups -OCH3 is 1. The zero-order chi connectivity index (χ0) is 12.6. The smallest absolute Gasteiger partial charge is 0.213 e. The molecule has 0 aromatic carbocycles. The van der Waals surface area contributed by atoms with Crippen LogP contribution in [0.5, 0.6) is 5.88 Å². The Morgan fingerprint density at radius 2 is 2.15 bits per heavy atom. The first-order valence-electron chi connectivity index (χ1n) is 7.77. The van der Waals surface area contributed by atoms with Crippen molar-refractivity contribution < 1.29 is 22.0 Å². The van der Waals surface area contributed by atoms with Crippen LogP contribution in [0.4, 0.5) is 0 Å². The Kier molecular flexibility index (Phi) is 2.80. The summed E-state index contributed by atoms with van der Waals surface area (Å²) < 4.78 is 5.37. The Morgan fingerprint density at radius 1 is 1.25 bits per heavy atom. The first-order valence-corrected chi connectivity index (χ1v) is 7.77. The van der Waals surface area contributed by atoms with Crippen LogP contribution in [0.3, 0.4) is 0 Å². The number of pyridine rings is 1. The molecule has 1 aromatic heterocycles. The Labute approximate surface area is 126 Å². The first kappa shape index (κ1) is 12.9. The zero-order valence-corrected chi connectivity index (χ0v) is 12.6. The van der Waals surface area contributed by atoms with Crippen molar-refractivity contribution in [1.29, 1.82) is 0 Å². The largest absolute Gasteiger partial charge is 1.00 e. The molecule has 2 saturated heterocycles. The highest BCUT2D eigenvalue weighted by Gasteiger charge is 2.62. The minimum atomic E-state index is 0. The molecule has 20 heavy (non-hydrogen) atoms. The number of aromatic nitrogens is 1. The number of halogens is 1. The standard InChI is InChI=1S/C16H20N2O.ClH/c1-19-14-6-5-10-9-7-12-11-3-2-4-13(12)18(8-9)16(11)15(10)17-14;/h5-6,9,11-13,16H,2-4,7-8H2,1H3;1H/t9-,11-,12-,13+,16-;/m0./s1. The third-order valence-electron chi connectivity index (χ3n) is 6.34. The zero-order valence-electron chi connectivity index (χ0n) is 11.8. The van der Waals surface area contributed by atoms with E-state index in [-0.39, 0.29) is 12.4 Å². The first-order chi connectivity index (χ1) is 9.36. The molecule has 6 atom stereocenters. The molecule has 4 heteroatoms. The highest BCUT2D eigenvalue weighted by atomic mass is 35.5. The van der Waals surface area contributed by atoms with E-state index >= 15 is 0 Å². The molecule has 0 spiro atoms. The summed E-state index contributed by atoms with van der Waals surface area (Å²) in [6, 6.07) is 5.98. The van der Waals surface area contributed by atoms with Crippen molar-refractivity contribution in [2.45, 2.75) is 43.7 Å². The van der Waals surface area contributed by atoms with E-state index in [0.29, 0.717) is 6.04 Å². The van der Waals surface area contributed by atoms with Crippen molar-refractivity contribution in [2.75, 3.05) is 13.7 Å². The molecule has 4 aliphatic rings. The van der Waals surface area contributed by atoms with Crippen LogP contribution in [0.25, 0.3) is 0 Å². The van der Waals surface area contributed by atoms with E-state index in [1.54, 1.807) is 12.7 Å². The van der Waals surface area contributed by atoms with Crippen molar-refractivity contribution >= 4 is 0 Å². The number of rotatable bonds is 1. The van der Waals surface area contributed by atoms with Gasteiger partial charge in [0.05, 0.1) is 19.7 Å². The average Bonchev–Trinajstić information content (AvgIpc) is 2.67. The van der Waals surface area contributed by atoms with Gasteiger partial charge >= 0.3 is 0 Å². The van der Waals surface area contributed by atoms with Gasteiger partial charge in [-0.15, -0.1) is 0 Å². The summed E-state index contributed by atoms with van der Waals surface area (Å²) in [5, 5.41) is 0. The molecule has 1 unspecified atom stereocenters. The maximum atomic E-state index is 5.37. The maximum absolute atomic E-state index is 5.37. The van der Waals surface area contributed by atoms with E-state index in [1.165, 1.54) is 37.9 Å². The Bertz CT molecular complexity index is 547. The lowest BCUT2D eigenvalue weighted by Crippen LogP contribution is -3.16. The van der Waals surface area contributed by atoms with E-state index < -0.39 is 0 Å². The van der Waals surface area contributed by atoms with Crippen LogP contribution in [0.1, 0.15) is 48.9 Å². The maximum Gasteiger partial charge on any atom is 0.213 e. The highest BCUT2D eigenvalue weighted by Crippen LogP contribution is 2.52. The van der Waals surface area contributed by atoms with Gasteiger partial charge in [0, 0.05) is 23.8 Å². The molecular formula is C16H21ClN2O. The summed E-state index contributed by atoms with van der Waals surface area (Å²) in [7, 11) is 1.73. The number of hydrogen-bond donors (Lipinski definition) is 1. The molecule has 4 heterocycles. The van der Waals surface area contributed by atoms with Gasteiger partial charge in [0.25, 0.3) is 0 Å². The van der Waals surface area contributed by atoms with E-state index in [1.807, 2.05) is 4.90 Å². The van der Waals surface area contributed by atoms with Crippen LogP contribution in [-0.4, -0.2) is 24.7 Å². The summed E-state index contributed by atoms with van der Waals surface area (Å²) in [5.74, 6) is 3.45. The van der Waals surface area contributed by atoms with Gasteiger partial charge in [-0.3, -0.25) is 0 Å². The third kappa shape index (κ3) is 1.43. The van der Waals surface area contributed by atoms with Gasteiger partial charge in [-0.1, -0.05) is 6.07 Å². The van der Waals surface area contributed by atoms with Gasteiger partial charge in [-0.25, -0.2) is 4.98 Å². The number of piperidine rings is 1. The fraction of sp³-hybridized carbons (Fsp3) is 0.688. The average molecular weight is 293 g/mol. The third-order valence-corrected chi connectivity index (χ3v) is 6.34. The fourth-order valence-electron chi connectivity index (χ4n) is 5.78. The highest BCUT2D eigenvalue weighted by molar-refractivity contribution is 5.35. The summed E-state index contributed by atoms with van der Waals surface area (Å²) in [4.78, 5) is 6.74. The number of hydrogen-bond acceptors (Lipinski definition) is 2. The molecular weight excluding hydrogens is 272 g/mol. The Morgan fingerprint density at radius 3 is 3.00 bits per heavy atom. The van der Waals surface area contributed by atoms with E-state index in [9.17, 15) is 0 Å². The molecule has 108 valence electrons. The molecule has 3 aliphatic heterocycles. The van der Waals surface area contributed by atoms with Gasteiger partial charge < -0.3 is 22.0 Å². The van der Waals surface area contributed by atoms with E-state index in [4.69, 9.17) is 9.72 Å². The quantitative estimate of drug-likeness (QED) is 0.669. The van der Waals surface area contributed by atoms with Gasteiger partial charge in [0.15, 0.2) is 0 Å². The predicted octanol–water partition coefficient (Wildman–Crippen LogP) is -1.68. The van der Waals surface area contributed by atoms with Crippen molar-refractivity contribution in [3.05, 3.63) is 23.4 Å². The lowest BCUT2D eigenvalue weighted by Gasteiger charge is -2.40.